The third kappa shape index (κ3) is 1.70. The summed E-state index contributed by atoms with van der Waals surface area (Å²) in [5.74, 6) is 0.283. The van der Waals surface area contributed by atoms with Crippen molar-refractivity contribution < 1.29 is 9.53 Å². The largest absolute Gasteiger partial charge is 0.463 e. The highest BCUT2D eigenvalue weighted by Gasteiger charge is 2.22. The molecule has 0 atom stereocenters. The van der Waals surface area contributed by atoms with Gasteiger partial charge in [-0.3, -0.25) is 4.40 Å². The van der Waals surface area contributed by atoms with Crippen molar-refractivity contribution >= 4 is 22.8 Å². The Balaban J connectivity index is 2.12. The van der Waals surface area contributed by atoms with Crippen molar-refractivity contribution in [2.24, 2.45) is 0 Å². The van der Waals surface area contributed by atoms with Crippen LogP contribution in [-0.4, -0.2) is 32.2 Å². The van der Waals surface area contributed by atoms with E-state index in [4.69, 9.17) is 4.74 Å². The Morgan fingerprint density at radius 3 is 2.55 bits per heavy atom. The van der Waals surface area contributed by atoms with Crippen molar-refractivity contribution in [3.8, 4) is 5.69 Å². The van der Waals surface area contributed by atoms with E-state index in [2.05, 4.69) is 10.1 Å². The predicted molar refractivity (Wildman–Crippen MR) is 81.2 cm³/mol. The lowest BCUT2D eigenvalue weighted by Crippen LogP contribution is -2.07. The van der Waals surface area contributed by atoms with Crippen molar-refractivity contribution in [3.63, 3.8) is 0 Å². The standard InChI is InChI=1S/C16H12N4O2/c1-22-15(21)14-18-20(11-7-3-2-4-8-11)16-17-12-9-5-6-10-13(12)19(14)16/h2-10H,1H3. The molecule has 0 saturated heterocycles. The number of benzene rings is 2. The molecule has 2 aromatic heterocycles. The number of ether oxygens (including phenoxy) is 1. The van der Waals surface area contributed by atoms with Gasteiger partial charge in [-0.25, -0.2) is 9.78 Å². The highest BCUT2D eigenvalue weighted by Crippen LogP contribution is 2.21. The number of fused-ring (bicyclic) bond motifs is 3. The molecule has 2 aromatic carbocycles. The molecule has 6 nitrogen and oxygen atoms in total. The monoisotopic (exact) mass is 292 g/mol. The Bertz CT molecular complexity index is 985. The van der Waals surface area contributed by atoms with Gasteiger partial charge >= 0.3 is 5.97 Å². The maximum atomic E-state index is 12.1. The van der Waals surface area contributed by atoms with E-state index in [1.54, 1.807) is 9.08 Å². The average Bonchev–Trinajstić information content (AvgIpc) is 3.12. The zero-order chi connectivity index (χ0) is 15.1. The van der Waals surface area contributed by atoms with Gasteiger partial charge in [-0.2, -0.15) is 4.68 Å². The molecule has 4 rings (SSSR count). The van der Waals surface area contributed by atoms with E-state index in [-0.39, 0.29) is 5.82 Å². The minimum Gasteiger partial charge on any atom is -0.463 e. The van der Waals surface area contributed by atoms with Gasteiger partial charge in [0.25, 0.3) is 0 Å². The highest BCUT2D eigenvalue weighted by atomic mass is 16.5. The second-order valence-corrected chi connectivity index (χ2v) is 4.80. The molecule has 0 unspecified atom stereocenters. The summed E-state index contributed by atoms with van der Waals surface area (Å²) in [5, 5.41) is 4.38. The van der Waals surface area contributed by atoms with E-state index in [1.165, 1.54) is 7.11 Å². The van der Waals surface area contributed by atoms with E-state index in [0.29, 0.717) is 5.78 Å². The number of nitrogens with zero attached hydrogens (tertiary/aromatic N) is 4. The molecule has 0 saturated carbocycles. The highest BCUT2D eigenvalue weighted by molar-refractivity contribution is 5.90. The van der Waals surface area contributed by atoms with Crippen LogP contribution in [-0.2, 0) is 4.74 Å². The molecule has 0 N–H and O–H groups in total. The Hall–Kier alpha value is -3.15. The number of aromatic nitrogens is 4. The number of esters is 1. The number of para-hydroxylation sites is 3. The second-order valence-electron chi connectivity index (χ2n) is 4.80. The molecule has 0 aliphatic carbocycles. The SMILES string of the molecule is COC(=O)c1nn(-c2ccccc2)c2nc3ccccc3n12. The third-order valence-corrected chi connectivity index (χ3v) is 3.51. The van der Waals surface area contributed by atoms with Crippen LogP contribution < -0.4 is 0 Å². The first kappa shape index (κ1) is 12.6. The zero-order valence-electron chi connectivity index (χ0n) is 11.8. The first-order valence-corrected chi connectivity index (χ1v) is 6.79. The first-order valence-electron chi connectivity index (χ1n) is 6.79. The van der Waals surface area contributed by atoms with E-state index >= 15 is 0 Å². The zero-order valence-corrected chi connectivity index (χ0v) is 11.8. The van der Waals surface area contributed by atoms with E-state index in [9.17, 15) is 4.79 Å². The summed E-state index contributed by atoms with van der Waals surface area (Å²) in [6.45, 7) is 0. The molecule has 0 radical (unpaired) electrons. The Labute approximate surface area is 125 Å². The summed E-state index contributed by atoms with van der Waals surface area (Å²) in [4.78, 5) is 16.7. The lowest BCUT2D eigenvalue weighted by Gasteiger charge is -1.99. The maximum absolute atomic E-state index is 12.1. The van der Waals surface area contributed by atoms with Crippen LogP contribution >= 0.6 is 0 Å². The van der Waals surface area contributed by atoms with E-state index < -0.39 is 5.97 Å². The fraction of sp³-hybridized carbons (Fsp3) is 0.0625. The molecule has 0 amide bonds. The van der Waals surface area contributed by atoms with E-state index in [1.807, 2.05) is 54.6 Å². The van der Waals surface area contributed by atoms with Crippen LogP contribution in [0.5, 0.6) is 0 Å². The topological polar surface area (TPSA) is 61.4 Å². The van der Waals surface area contributed by atoms with Crippen LogP contribution in [0.15, 0.2) is 54.6 Å². The van der Waals surface area contributed by atoms with Gasteiger partial charge in [0.1, 0.15) is 0 Å². The number of methoxy groups -OCH3 is 1. The normalized spacial score (nSPS) is 11.1. The molecule has 22 heavy (non-hydrogen) atoms. The van der Waals surface area contributed by atoms with Crippen LogP contribution in [0, 0.1) is 0 Å². The minimum absolute atomic E-state index is 0.204. The van der Waals surface area contributed by atoms with Gasteiger partial charge in [0, 0.05) is 0 Å². The molecule has 4 aromatic rings. The van der Waals surface area contributed by atoms with Crippen molar-refractivity contribution in [3.05, 3.63) is 60.4 Å². The number of imidazole rings is 1. The summed E-state index contributed by atoms with van der Waals surface area (Å²) in [7, 11) is 1.34. The molecule has 0 spiro atoms. The van der Waals surface area contributed by atoms with Gasteiger partial charge in [0.2, 0.25) is 11.6 Å². The smallest absolute Gasteiger partial charge is 0.376 e. The van der Waals surface area contributed by atoms with Gasteiger partial charge in [0.15, 0.2) is 0 Å². The predicted octanol–water partition coefficient (Wildman–Crippen LogP) is 2.46. The van der Waals surface area contributed by atoms with Gasteiger partial charge in [-0.05, 0) is 24.3 Å². The number of carbonyl (C=O) groups excluding carboxylic acids is 1. The number of hydrogen-bond acceptors (Lipinski definition) is 4. The van der Waals surface area contributed by atoms with Crippen molar-refractivity contribution in [2.75, 3.05) is 7.11 Å². The fourth-order valence-electron chi connectivity index (χ4n) is 2.51. The number of hydrogen-bond donors (Lipinski definition) is 0. The van der Waals surface area contributed by atoms with Gasteiger partial charge in [-0.15, -0.1) is 5.10 Å². The number of rotatable bonds is 2. The van der Waals surface area contributed by atoms with E-state index in [0.717, 1.165) is 16.7 Å². The molecular weight excluding hydrogens is 280 g/mol. The Morgan fingerprint density at radius 1 is 1.05 bits per heavy atom. The summed E-state index contributed by atoms with van der Waals surface area (Å²) in [5.41, 5.74) is 2.45. The van der Waals surface area contributed by atoms with Gasteiger partial charge in [0.05, 0.1) is 23.8 Å². The lowest BCUT2D eigenvalue weighted by molar-refractivity contribution is 0.0585. The first-order chi connectivity index (χ1) is 10.8. The average molecular weight is 292 g/mol. The van der Waals surface area contributed by atoms with Crippen LogP contribution in [0.25, 0.3) is 22.5 Å². The number of carbonyl (C=O) groups is 1. The Morgan fingerprint density at radius 2 is 1.77 bits per heavy atom. The summed E-state index contributed by atoms with van der Waals surface area (Å²) >= 11 is 0. The fourth-order valence-corrected chi connectivity index (χ4v) is 2.51. The maximum Gasteiger partial charge on any atom is 0.376 e. The summed E-state index contributed by atoms with van der Waals surface area (Å²) in [6, 6.07) is 17.2. The molecule has 2 heterocycles. The molecule has 0 fully saturated rings. The minimum atomic E-state index is -0.497. The summed E-state index contributed by atoms with van der Waals surface area (Å²) < 4.78 is 8.21. The van der Waals surface area contributed by atoms with Gasteiger partial charge in [-0.1, -0.05) is 30.3 Å². The quantitative estimate of drug-likeness (QED) is 0.532. The van der Waals surface area contributed by atoms with Crippen LogP contribution in [0.1, 0.15) is 10.6 Å². The third-order valence-electron chi connectivity index (χ3n) is 3.51. The van der Waals surface area contributed by atoms with Crippen LogP contribution in [0.2, 0.25) is 0 Å². The van der Waals surface area contributed by atoms with Crippen molar-refractivity contribution in [1.29, 1.82) is 0 Å². The van der Waals surface area contributed by atoms with Crippen molar-refractivity contribution in [2.45, 2.75) is 0 Å². The molecular formula is C16H12N4O2. The second kappa shape index (κ2) is 4.70. The van der Waals surface area contributed by atoms with Crippen LogP contribution in [0.3, 0.4) is 0 Å². The van der Waals surface area contributed by atoms with Crippen LogP contribution in [0.4, 0.5) is 0 Å². The molecule has 0 bridgehead atoms. The van der Waals surface area contributed by atoms with Crippen molar-refractivity contribution in [1.82, 2.24) is 19.2 Å². The molecule has 0 aliphatic heterocycles. The molecule has 108 valence electrons. The lowest BCUT2D eigenvalue weighted by atomic mass is 10.3. The summed E-state index contributed by atoms with van der Waals surface area (Å²) in [6.07, 6.45) is 0. The Kier molecular flexibility index (Phi) is 2.69. The molecule has 6 heteroatoms. The molecule has 0 aliphatic rings. The van der Waals surface area contributed by atoms with Gasteiger partial charge < -0.3 is 4.74 Å².